The van der Waals surface area contributed by atoms with E-state index in [-0.39, 0.29) is 57.4 Å². The Hall–Kier alpha value is -2.35. The van der Waals surface area contributed by atoms with Gasteiger partial charge in [0.15, 0.2) is 28.3 Å². The lowest BCUT2D eigenvalue weighted by Gasteiger charge is -2.20. The number of hydrogen-bond acceptors (Lipinski definition) is 7. The number of carbonyl (C=O) groups excluding carboxylic acids is 2. The first-order valence-corrected chi connectivity index (χ1v) is 11.8. The van der Waals surface area contributed by atoms with Crippen LogP contribution in [-0.2, 0) is 13.6 Å². The average molecular weight is 498 g/mol. The van der Waals surface area contributed by atoms with Gasteiger partial charge in [-0.05, 0) is 19.9 Å². The van der Waals surface area contributed by atoms with Gasteiger partial charge in [0.2, 0.25) is 5.78 Å². The third-order valence-electron chi connectivity index (χ3n) is 4.74. The number of pyridine rings is 1. The van der Waals surface area contributed by atoms with Crippen molar-refractivity contribution in [2.45, 2.75) is 13.8 Å². The lowest BCUT2D eigenvalue weighted by Crippen LogP contribution is -2.26. The number of ketones is 2. The summed E-state index contributed by atoms with van der Waals surface area (Å²) in [4.78, 5) is 30.2. The number of fused-ring (bicyclic) bond motifs is 2. The molecule has 0 amide bonds. The minimum Gasteiger partial charge on any atom is -0.451 e. The number of carbonyl (C=O) groups is 2. The molecule has 0 unspecified atom stereocenters. The Morgan fingerprint density at radius 2 is 1.56 bits per heavy atom. The second kappa shape index (κ2) is 8.54. The maximum atomic E-state index is 14.3. The van der Waals surface area contributed by atoms with E-state index in [1.807, 2.05) is 0 Å². The summed E-state index contributed by atoms with van der Waals surface area (Å²) in [6, 6.07) is 7.05. The van der Waals surface area contributed by atoms with Gasteiger partial charge in [0, 0.05) is 11.1 Å². The Morgan fingerprint density at radius 1 is 0.969 bits per heavy atom. The summed E-state index contributed by atoms with van der Waals surface area (Å²) < 4.78 is 44.7. The van der Waals surface area contributed by atoms with Crippen LogP contribution in [0, 0.1) is 5.82 Å². The molecular weight excluding hydrogens is 483 g/mol. The molecule has 2 aromatic heterocycles. The van der Waals surface area contributed by atoms with Gasteiger partial charge < -0.3 is 13.5 Å². The van der Waals surface area contributed by atoms with Crippen LogP contribution in [0.15, 0.2) is 34.7 Å². The number of halogens is 3. The lowest BCUT2D eigenvalue weighted by atomic mass is 9.88. The van der Waals surface area contributed by atoms with Crippen molar-refractivity contribution >= 4 is 47.7 Å². The van der Waals surface area contributed by atoms with Crippen molar-refractivity contribution in [2.75, 3.05) is 13.2 Å². The molecule has 4 rings (SSSR count). The van der Waals surface area contributed by atoms with E-state index < -0.39 is 30.1 Å². The molecule has 1 aliphatic rings. The van der Waals surface area contributed by atoms with E-state index in [1.165, 1.54) is 12.1 Å². The van der Waals surface area contributed by atoms with Crippen LogP contribution in [0.2, 0.25) is 10.3 Å². The van der Waals surface area contributed by atoms with Crippen LogP contribution in [0.3, 0.4) is 0 Å². The second-order valence-corrected chi connectivity index (χ2v) is 9.29. The molecule has 0 saturated carbocycles. The molecule has 0 radical (unpaired) electrons. The fourth-order valence-corrected chi connectivity index (χ4v) is 5.80. The summed E-state index contributed by atoms with van der Waals surface area (Å²) in [7, 11) is -4.22. The molecular formula is C21H15Cl2FNO6P. The highest BCUT2D eigenvalue weighted by Crippen LogP contribution is 2.53. The van der Waals surface area contributed by atoms with E-state index in [0.29, 0.717) is 0 Å². The van der Waals surface area contributed by atoms with Crippen LogP contribution in [0.5, 0.6) is 0 Å². The molecule has 1 aromatic carbocycles. The van der Waals surface area contributed by atoms with Crippen LogP contribution in [0.25, 0.3) is 11.3 Å². The van der Waals surface area contributed by atoms with Crippen LogP contribution in [-0.4, -0.2) is 29.8 Å². The SMILES string of the molecule is CCOP(=O)(OCC)c1c(-c2cc(F)c(Cl)nc2Cl)oc2c1C(=O)c1ccccc1C2=O. The number of rotatable bonds is 6. The van der Waals surface area contributed by atoms with Gasteiger partial charge in [0.25, 0.3) is 0 Å². The first-order valence-electron chi connectivity index (χ1n) is 9.50. The fourth-order valence-electron chi connectivity index (χ4n) is 3.48. The second-order valence-electron chi connectivity index (χ2n) is 6.62. The molecule has 0 saturated heterocycles. The molecule has 3 aromatic rings. The Kier molecular flexibility index (Phi) is 6.09. The summed E-state index contributed by atoms with van der Waals surface area (Å²) >= 11 is 11.9. The maximum Gasteiger partial charge on any atom is 0.366 e. The predicted molar refractivity (Wildman–Crippen MR) is 116 cm³/mol. The van der Waals surface area contributed by atoms with E-state index in [4.69, 9.17) is 36.7 Å². The van der Waals surface area contributed by atoms with Crippen LogP contribution >= 0.6 is 30.8 Å². The van der Waals surface area contributed by atoms with Gasteiger partial charge >= 0.3 is 7.60 Å². The molecule has 0 spiro atoms. The minimum absolute atomic E-state index is 0.0453. The fraction of sp³-hybridized carbons (Fsp3) is 0.190. The van der Waals surface area contributed by atoms with Gasteiger partial charge in [-0.25, -0.2) is 9.37 Å². The van der Waals surface area contributed by atoms with E-state index >= 15 is 0 Å². The lowest BCUT2D eigenvalue weighted by molar-refractivity contribution is 0.0961. The van der Waals surface area contributed by atoms with Crippen LogP contribution in [0.1, 0.15) is 45.9 Å². The van der Waals surface area contributed by atoms with E-state index in [9.17, 15) is 18.5 Å². The third-order valence-corrected chi connectivity index (χ3v) is 7.46. The molecule has 0 atom stereocenters. The molecule has 1 aliphatic carbocycles. The molecule has 0 bridgehead atoms. The predicted octanol–water partition coefficient (Wildman–Crippen LogP) is 5.45. The summed E-state index contributed by atoms with van der Waals surface area (Å²) in [5, 5.41) is -1.09. The topological polar surface area (TPSA) is 95.7 Å². The quantitative estimate of drug-likeness (QED) is 0.258. The first-order chi connectivity index (χ1) is 15.2. The zero-order valence-corrected chi connectivity index (χ0v) is 19.2. The summed E-state index contributed by atoms with van der Waals surface area (Å²) in [5.41, 5.74) is -0.224. The molecule has 2 heterocycles. The van der Waals surface area contributed by atoms with Crippen molar-refractivity contribution in [3.8, 4) is 11.3 Å². The van der Waals surface area contributed by atoms with E-state index in [1.54, 1.807) is 26.0 Å². The summed E-state index contributed by atoms with van der Waals surface area (Å²) in [5.74, 6) is -2.85. The average Bonchev–Trinajstić information content (AvgIpc) is 3.16. The Balaban J connectivity index is 2.11. The van der Waals surface area contributed by atoms with Crippen molar-refractivity contribution in [3.05, 3.63) is 68.9 Å². The summed E-state index contributed by atoms with van der Waals surface area (Å²) in [6.45, 7) is 3.07. The highest BCUT2D eigenvalue weighted by Gasteiger charge is 2.45. The van der Waals surface area contributed by atoms with E-state index in [0.717, 1.165) is 6.07 Å². The van der Waals surface area contributed by atoms with Crippen molar-refractivity contribution < 1.29 is 32.0 Å². The number of furan rings is 1. The Morgan fingerprint density at radius 3 is 2.16 bits per heavy atom. The minimum atomic E-state index is -4.22. The smallest absolute Gasteiger partial charge is 0.366 e. The standard InChI is InChI=1S/C21H15Cl2FNO6P/c1-3-29-32(28,30-4-2)19-14-15(26)10-7-5-6-8-11(10)16(27)18(14)31-17(19)12-9-13(24)21(23)25-20(12)22/h5-9H,3-4H2,1-2H3. The molecule has 7 nitrogen and oxygen atoms in total. The Labute approximate surface area is 192 Å². The summed E-state index contributed by atoms with van der Waals surface area (Å²) in [6.07, 6.45) is 0. The number of aromatic nitrogens is 1. The third kappa shape index (κ3) is 3.52. The normalized spacial score (nSPS) is 13.3. The van der Waals surface area contributed by atoms with Gasteiger partial charge in [-0.2, -0.15) is 0 Å². The number of nitrogens with zero attached hydrogens (tertiary/aromatic N) is 1. The highest BCUT2D eigenvalue weighted by molar-refractivity contribution is 7.62. The van der Waals surface area contributed by atoms with Crippen LogP contribution < -0.4 is 5.30 Å². The largest absolute Gasteiger partial charge is 0.451 e. The molecule has 0 aliphatic heterocycles. The van der Waals surface area contributed by atoms with Gasteiger partial charge in [0.1, 0.15) is 10.5 Å². The van der Waals surface area contributed by atoms with Crippen LogP contribution in [0.4, 0.5) is 4.39 Å². The molecule has 0 N–H and O–H groups in total. The number of hydrogen-bond donors (Lipinski definition) is 0. The first kappa shape index (κ1) is 22.8. The molecule has 11 heteroatoms. The van der Waals surface area contributed by atoms with Crippen molar-refractivity contribution in [3.63, 3.8) is 0 Å². The maximum absolute atomic E-state index is 14.3. The van der Waals surface area contributed by atoms with Gasteiger partial charge in [-0.1, -0.05) is 47.5 Å². The molecule has 0 fully saturated rings. The van der Waals surface area contributed by atoms with Gasteiger partial charge in [0.05, 0.1) is 24.3 Å². The van der Waals surface area contributed by atoms with Crippen molar-refractivity contribution in [2.24, 2.45) is 0 Å². The zero-order chi connectivity index (χ0) is 23.2. The molecule has 166 valence electrons. The highest BCUT2D eigenvalue weighted by atomic mass is 35.5. The number of benzene rings is 1. The van der Waals surface area contributed by atoms with Gasteiger partial charge in [-0.3, -0.25) is 14.2 Å². The molecule has 32 heavy (non-hydrogen) atoms. The zero-order valence-electron chi connectivity index (χ0n) is 16.8. The van der Waals surface area contributed by atoms with E-state index in [2.05, 4.69) is 4.98 Å². The van der Waals surface area contributed by atoms with Gasteiger partial charge in [-0.15, -0.1) is 0 Å². The van der Waals surface area contributed by atoms with Crippen molar-refractivity contribution in [1.29, 1.82) is 0 Å². The van der Waals surface area contributed by atoms with Crippen molar-refractivity contribution in [1.82, 2.24) is 4.98 Å². The monoisotopic (exact) mass is 497 g/mol. The Bertz CT molecular complexity index is 1310.